The number of nitrogen functional groups attached to an aromatic ring is 1. The Morgan fingerprint density at radius 1 is 1.05 bits per heavy atom. The smallest absolute Gasteiger partial charge is 0.247 e. The number of aromatic nitrogens is 2. The average molecular weight is 272 g/mol. The van der Waals surface area contributed by atoms with Crippen molar-refractivity contribution in [1.29, 1.82) is 0 Å². The van der Waals surface area contributed by atoms with Crippen molar-refractivity contribution >= 4 is 28.1 Å². The topological polar surface area (TPSA) is 61.0 Å². The highest BCUT2D eigenvalue weighted by Crippen LogP contribution is 2.31. The van der Waals surface area contributed by atoms with E-state index in [0.717, 1.165) is 10.8 Å². The zero-order valence-electron chi connectivity index (χ0n) is 9.88. The number of hydrogen-bond acceptors (Lipinski definition) is 4. The van der Waals surface area contributed by atoms with E-state index in [1.807, 2.05) is 42.5 Å². The third kappa shape index (κ3) is 2.30. The summed E-state index contributed by atoms with van der Waals surface area (Å²) in [7, 11) is 0. The first-order valence-electron chi connectivity index (χ1n) is 5.67. The van der Waals surface area contributed by atoms with E-state index in [4.69, 9.17) is 22.1 Å². The summed E-state index contributed by atoms with van der Waals surface area (Å²) in [6.45, 7) is 0. The average Bonchev–Trinajstić information content (AvgIpc) is 2.43. The van der Waals surface area contributed by atoms with E-state index < -0.39 is 0 Å². The number of rotatable bonds is 2. The summed E-state index contributed by atoms with van der Waals surface area (Å²) in [6, 6.07) is 13.7. The van der Waals surface area contributed by atoms with Gasteiger partial charge in [-0.25, -0.2) is 4.98 Å². The molecule has 0 radical (unpaired) electrons. The maximum Gasteiger partial charge on any atom is 0.247 e. The quantitative estimate of drug-likeness (QED) is 0.723. The maximum absolute atomic E-state index is 5.77. The molecule has 4 nitrogen and oxygen atoms in total. The Hall–Kier alpha value is -2.33. The van der Waals surface area contributed by atoms with Gasteiger partial charge in [0.1, 0.15) is 11.4 Å². The van der Waals surface area contributed by atoms with Crippen LogP contribution in [0.15, 0.2) is 48.7 Å². The minimum Gasteiger partial charge on any atom is -0.436 e. The van der Waals surface area contributed by atoms with Crippen molar-refractivity contribution in [2.45, 2.75) is 0 Å². The van der Waals surface area contributed by atoms with Crippen molar-refractivity contribution < 1.29 is 4.74 Å². The third-order valence-corrected chi connectivity index (χ3v) is 2.89. The maximum atomic E-state index is 5.77. The molecular weight excluding hydrogens is 262 g/mol. The second-order valence-corrected chi connectivity index (χ2v) is 4.32. The molecule has 1 aromatic heterocycles. The minimum absolute atomic E-state index is 0.101. The first-order valence-corrected chi connectivity index (χ1v) is 6.05. The number of anilines is 1. The summed E-state index contributed by atoms with van der Waals surface area (Å²) in [5.74, 6) is 0.941. The van der Waals surface area contributed by atoms with Gasteiger partial charge in [0, 0.05) is 5.39 Å². The summed E-state index contributed by atoms with van der Waals surface area (Å²) in [5, 5.41) is 2.17. The Kier molecular flexibility index (Phi) is 2.93. The summed E-state index contributed by atoms with van der Waals surface area (Å²) in [6.07, 6.45) is 1.43. The summed E-state index contributed by atoms with van der Waals surface area (Å²) in [4.78, 5) is 7.77. The van der Waals surface area contributed by atoms with Gasteiger partial charge < -0.3 is 10.5 Å². The Morgan fingerprint density at radius 2 is 1.84 bits per heavy atom. The highest BCUT2D eigenvalue weighted by atomic mass is 35.5. The zero-order valence-corrected chi connectivity index (χ0v) is 10.6. The minimum atomic E-state index is 0.101. The van der Waals surface area contributed by atoms with Crippen LogP contribution in [0.3, 0.4) is 0 Å². The predicted molar refractivity (Wildman–Crippen MR) is 75.5 cm³/mol. The van der Waals surface area contributed by atoms with Crippen LogP contribution < -0.4 is 10.5 Å². The number of fused-ring (bicyclic) bond motifs is 1. The van der Waals surface area contributed by atoms with Gasteiger partial charge in [-0.3, -0.25) is 0 Å². The van der Waals surface area contributed by atoms with Crippen molar-refractivity contribution in [2.75, 3.05) is 5.73 Å². The van der Waals surface area contributed by atoms with Gasteiger partial charge in [-0.1, -0.05) is 36.4 Å². The van der Waals surface area contributed by atoms with Crippen molar-refractivity contribution in [1.82, 2.24) is 9.97 Å². The van der Waals surface area contributed by atoms with Gasteiger partial charge in [-0.15, -0.1) is 0 Å². The molecule has 19 heavy (non-hydrogen) atoms. The molecule has 0 aliphatic carbocycles. The number of benzene rings is 2. The van der Waals surface area contributed by atoms with Gasteiger partial charge in [-0.2, -0.15) is 4.98 Å². The lowest BCUT2D eigenvalue weighted by molar-refractivity contribution is 0.469. The van der Waals surface area contributed by atoms with Crippen molar-refractivity contribution in [3.8, 4) is 11.6 Å². The van der Waals surface area contributed by atoms with Crippen LogP contribution in [0.4, 0.5) is 5.69 Å². The highest BCUT2D eigenvalue weighted by molar-refractivity contribution is 6.28. The molecule has 2 N–H and O–H groups in total. The van der Waals surface area contributed by atoms with Crippen LogP contribution in [0, 0.1) is 0 Å². The normalized spacial score (nSPS) is 10.6. The van der Waals surface area contributed by atoms with Crippen LogP contribution >= 0.6 is 11.6 Å². The van der Waals surface area contributed by atoms with Crippen molar-refractivity contribution in [2.24, 2.45) is 0 Å². The lowest BCUT2D eigenvalue weighted by atomic mass is 10.1. The van der Waals surface area contributed by atoms with Crippen LogP contribution in [0.1, 0.15) is 0 Å². The monoisotopic (exact) mass is 271 g/mol. The van der Waals surface area contributed by atoms with Gasteiger partial charge in [0.25, 0.3) is 0 Å². The molecule has 0 aliphatic heterocycles. The molecule has 0 saturated heterocycles. The van der Waals surface area contributed by atoms with Crippen LogP contribution in [-0.4, -0.2) is 9.97 Å². The predicted octanol–water partition coefficient (Wildman–Crippen LogP) is 3.66. The van der Waals surface area contributed by atoms with E-state index in [1.54, 1.807) is 0 Å². The number of hydrogen-bond donors (Lipinski definition) is 1. The van der Waals surface area contributed by atoms with Crippen LogP contribution in [0.5, 0.6) is 11.6 Å². The van der Waals surface area contributed by atoms with Crippen LogP contribution in [0.25, 0.3) is 10.8 Å². The van der Waals surface area contributed by atoms with Gasteiger partial charge in [0.05, 0.1) is 6.20 Å². The van der Waals surface area contributed by atoms with Crippen LogP contribution in [-0.2, 0) is 0 Å². The first kappa shape index (κ1) is 11.7. The van der Waals surface area contributed by atoms with E-state index in [1.165, 1.54) is 6.20 Å². The second kappa shape index (κ2) is 4.74. The molecule has 0 bridgehead atoms. The number of nitrogens with zero attached hydrogens (tertiary/aromatic N) is 2. The molecule has 0 unspecified atom stereocenters. The molecule has 5 heteroatoms. The fraction of sp³-hybridized carbons (Fsp3) is 0. The fourth-order valence-electron chi connectivity index (χ4n) is 1.83. The molecule has 2 aromatic carbocycles. The fourth-order valence-corrected chi connectivity index (χ4v) is 1.95. The Morgan fingerprint density at radius 3 is 2.74 bits per heavy atom. The van der Waals surface area contributed by atoms with E-state index in [-0.39, 0.29) is 11.2 Å². The standard InChI is InChI=1S/C14H10ClN3O/c15-14-17-8-11(16)13(18-14)19-12-7-3-5-9-4-1-2-6-10(9)12/h1-8H,16H2. The first-order chi connectivity index (χ1) is 9.24. The number of nitrogens with two attached hydrogens (primary N) is 1. The molecule has 0 atom stereocenters. The van der Waals surface area contributed by atoms with Crippen LogP contribution in [0.2, 0.25) is 5.28 Å². The number of ether oxygens (including phenoxy) is 1. The lowest BCUT2D eigenvalue weighted by Gasteiger charge is -2.09. The largest absolute Gasteiger partial charge is 0.436 e. The molecule has 0 fully saturated rings. The van der Waals surface area contributed by atoms with E-state index >= 15 is 0 Å². The lowest BCUT2D eigenvalue weighted by Crippen LogP contribution is -1.97. The molecular formula is C14H10ClN3O. The van der Waals surface area contributed by atoms with E-state index in [9.17, 15) is 0 Å². The second-order valence-electron chi connectivity index (χ2n) is 3.98. The van der Waals surface area contributed by atoms with Gasteiger partial charge in [0.15, 0.2) is 0 Å². The van der Waals surface area contributed by atoms with Gasteiger partial charge in [-0.05, 0) is 23.1 Å². The Labute approximate surface area is 114 Å². The van der Waals surface area contributed by atoms with E-state index in [2.05, 4.69) is 9.97 Å². The van der Waals surface area contributed by atoms with Crippen molar-refractivity contribution in [3.63, 3.8) is 0 Å². The van der Waals surface area contributed by atoms with Crippen molar-refractivity contribution in [3.05, 3.63) is 53.9 Å². The molecule has 0 aliphatic rings. The zero-order chi connectivity index (χ0) is 13.2. The molecule has 1 heterocycles. The summed E-state index contributed by atoms with van der Waals surface area (Å²) in [5.41, 5.74) is 6.12. The molecule has 3 aromatic rings. The molecule has 0 saturated carbocycles. The van der Waals surface area contributed by atoms with Gasteiger partial charge in [0.2, 0.25) is 11.2 Å². The third-order valence-electron chi connectivity index (χ3n) is 2.71. The summed E-state index contributed by atoms with van der Waals surface area (Å²) >= 11 is 5.74. The van der Waals surface area contributed by atoms with E-state index in [0.29, 0.717) is 11.4 Å². The SMILES string of the molecule is Nc1cnc(Cl)nc1Oc1cccc2ccccc12. The molecule has 3 rings (SSSR count). The number of halogens is 1. The molecule has 0 amide bonds. The molecule has 0 spiro atoms. The Bertz CT molecular complexity index is 740. The Balaban J connectivity index is 2.08. The molecule has 94 valence electrons. The highest BCUT2D eigenvalue weighted by Gasteiger charge is 2.08. The van der Waals surface area contributed by atoms with Gasteiger partial charge >= 0.3 is 0 Å². The summed E-state index contributed by atoms with van der Waals surface area (Å²) < 4.78 is 5.74.